The van der Waals surface area contributed by atoms with Crippen molar-refractivity contribution in [2.24, 2.45) is 0 Å². The maximum atomic E-state index is 13.5. The first kappa shape index (κ1) is 12.7. The first-order valence-corrected chi connectivity index (χ1v) is 6.00. The van der Waals surface area contributed by atoms with Crippen LogP contribution in [0.4, 0.5) is 4.39 Å². The molecule has 0 spiro atoms. The number of carbonyl (C=O) groups is 2. The molecule has 1 aromatic rings. The zero-order valence-electron chi connectivity index (χ0n) is 10.2. The molecule has 4 heteroatoms. The molecule has 1 aliphatic rings. The summed E-state index contributed by atoms with van der Waals surface area (Å²) in [4.78, 5) is 22.6. The molecule has 1 N–H and O–H groups in total. The van der Waals surface area contributed by atoms with Crippen LogP contribution in [0.3, 0.4) is 0 Å². The molecule has 0 unspecified atom stereocenters. The third kappa shape index (κ3) is 1.82. The molecule has 0 saturated heterocycles. The van der Waals surface area contributed by atoms with Crippen molar-refractivity contribution in [2.45, 2.75) is 38.0 Å². The summed E-state index contributed by atoms with van der Waals surface area (Å²) < 4.78 is 13.5. The highest BCUT2D eigenvalue weighted by Gasteiger charge is 2.44. The summed E-state index contributed by atoms with van der Waals surface area (Å²) in [5.41, 5.74) is -0.0266. The average molecular weight is 250 g/mol. The molecule has 18 heavy (non-hydrogen) atoms. The van der Waals surface area contributed by atoms with Gasteiger partial charge in [0.2, 0.25) is 0 Å². The van der Waals surface area contributed by atoms with Crippen LogP contribution in [0.5, 0.6) is 0 Å². The van der Waals surface area contributed by atoms with Gasteiger partial charge in [-0.15, -0.1) is 0 Å². The maximum absolute atomic E-state index is 13.5. The van der Waals surface area contributed by atoms with Gasteiger partial charge in [-0.05, 0) is 37.0 Å². The highest BCUT2D eigenvalue weighted by molar-refractivity contribution is 5.88. The number of aryl methyl sites for hydroxylation is 1. The summed E-state index contributed by atoms with van der Waals surface area (Å²) in [6, 6.07) is 2.65. The van der Waals surface area contributed by atoms with E-state index >= 15 is 0 Å². The van der Waals surface area contributed by atoms with Crippen molar-refractivity contribution in [3.63, 3.8) is 0 Å². The van der Waals surface area contributed by atoms with E-state index in [1.807, 2.05) is 0 Å². The lowest BCUT2D eigenvalue weighted by molar-refractivity contribution is -0.143. The molecule has 0 amide bonds. The monoisotopic (exact) mass is 250 g/mol. The maximum Gasteiger partial charge on any atom is 0.314 e. The Morgan fingerprint density at radius 2 is 2.00 bits per heavy atom. The first-order chi connectivity index (χ1) is 8.51. The SMILES string of the molecule is Cc1cc(C2(C(=O)O)CCCC2)c(C=O)cc1F. The molecule has 3 nitrogen and oxygen atoms in total. The predicted molar refractivity (Wildman–Crippen MR) is 64.3 cm³/mol. The minimum atomic E-state index is -1.02. The fourth-order valence-corrected chi connectivity index (χ4v) is 2.79. The van der Waals surface area contributed by atoms with Gasteiger partial charge in [-0.3, -0.25) is 9.59 Å². The van der Waals surface area contributed by atoms with Crippen molar-refractivity contribution in [1.82, 2.24) is 0 Å². The Hall–Kier alpha value is -1.71. The Balaban J connectivity index is 2.64. The van der Waals surface area contributed by atoms with Gasteiger partial charge in [-0.25, -0.2) is 4.39 Å². The van der Waals surface area contributed by atoms with E-state index < -0.39 is 17.2 Å². The first-order valence-electron chi connectivity index (χ1n) is 6.00. The number of aliphatic carboxylic acids is 1. The number of hydrogen-bond donors (Lipinski definition) is 1. The van der Waals surface area contributed by atoms with Gasteiger partial charge in [0.15, 0.2) is 0 Å². The highest BCUT2D eigenvalue weighted by Crippen LogP contribution is 2.43. The fraction of sp³-hybridized carbons (Fsp3) is 0.429. The van der Waals surface area contributed by atoms with E-state index in [2.05, 4.69) is 0 Å². The third-order valence-electron chi connectivity index (χ3n) is 3.84. The molecule has 1 fully saturated rings. The van der Waals surface area contributed by atoms with E-state index in [1.165, 1.54) is 6.07 Å². The van der Waals surface area contributed by atoms with Crippen LogP contribution >= 0.6 is 0 Å². The van der Waals surface area contributed by atoms with E-state index in [-0.39, 0.29) is 5.56 Å². The molecular weight excluding hydrogens is 235 g/mol. The van der Waals surface area contributed by atoms with Gasteiger partial charge in [0.25, 0.3) is 0 Å². The lowest BCUT2D eigenvalue weighted by atomic mass is 9.76. The van der Waals surface area contributed by atoms with Crippen LogP contribution in [-0.2, 0) is 10.2 Å². The summed E-state index contributed by atoms with van der Waals surface area (Å²) >= 11 is 0. The van der Waals surface area contributed by atoms with Gasteiger partial charge in [0.05, 0.1) is 5.41 Å². The predicted octanol–water partition coefficient (Wildman–Crippen LogP) is 2.84. The number of rotatable bonds is 3. The Morgan fingerprint density at radius 3 is 2.50 bits per heavy atom. The molecule has 0 aliphatic heterocycles. The molecule has 0 aromatic heterocycles. The molecule has 96 valence electrons. The summed E-state index contributed by atoms with van der Waals surface area (Å²) in [6.45, 7) is 1.58. The largest absolute Gasteiger partial charge is 0.481 e. The fourth-order valence-electron chi connectivity index (χ4n) is 2.79. The molecule has 1 aliphatic carbocycles. The second kappa shape index (κ2) is 4.52. The standard InChI is InChI=1S/C14H15FO3/c1-9-6-11(10(8-16)7-12(9)15)14(13(17)18)4-2-3-5-14/h6-8H,2-5H2,1H3,(H,17,18). The van der Waals surface area contributed by atoms with Gasteiger partial charge >= 0.3 is 5.97 Å². The Bertz CT molecular complexity index is 502. The Labute approximate surface area is 105 Å². The number of benzene rings is 1. The van der Waals surface area contributed by atoms with Crippen LogP contribution in [0.25, 0.3) is 0 Å². The van der Waals surface area contributed by atoms with Crippen LogP contribution < -0.4 is 0 Å². The van der Waals surface area contributed by atoms with Crippen LogP contribution in [0, 0.1) is 12.7 Å². The van der Waals surface area contributed by atoms with Gasteiger partial charge in [-0.1, -0.05) is 18.9 Å². The van der Waals surface area contributed by atoms with Crippen LogP contribution in [0.15, 0.2) is 12.1 Å². The lowest BCUT2D eigenvalue weighted by Gasteiger charge is -2.26. The molecule has 0 bridgehead atoms. The molecular formula is C14H15FO3. The molecule has 0 heterocycles. The van der Waals surface area contributed by atoms with Gasteiger partial charge < -0.3 is 5.11 Å². The van der Waals surface area contributed by atoms with Crippen LogP contribution in [0.2, 0.25) is 0 Å². The van der Waals surface area contributed by atoms with Crippen molar-refractivity contribution < 1.29 is 19.1 Å². The molecule has 0 atom stereocenters. The van der Waals surface area contributed by atoms with Gasteiger partial charge in [0.1, 0.15) is 12.1 Å². The molecule has 1 saturated carbocycles. The number of hydrogen-bond acceptors (Lipinski definition) is 2. The third-order valence-corrected chi connectivity index (χ3v) is 3.84. The molecule has 2 rings (SSSR count). The normalized spacial score (nSPS) is 17.7. The van der Waals surface area contributed by atoms with Crippen molar-refractivity contribution >= 4 is 12.3 Å². The van der Waals surface area contributed by atoms with Crippen molar-refractivity contribution in [3.05, 3.63) is 34.6 Å². The van der Waals surface area contributed by atoms with E-state index in [1.54, 1.807) is 6.92 Å². The number of carboxylic acid groups (broad SMARTS) is 1. The lowest BCUT2D eigenvalue weighted by Crippen LogP contribution is -2.34. The average Bonchev–Trinajstić information content (AvgIpc) is 2.82. The smallest absolute Gasteiger partial charge is 0.314 e. The zero-order chi connectivity index (χ0) is 13.3. The van der Waals surface area contributed by atoms with Crippen molar-refractivity contribution in [1.29, 1.82) is 0 Å². The molecule has 0 radical (unpaired) electrons. The zero-order valence-corrected chi connectivity index (χ0v) is 10.2. The Kier molecular flexibility index (Phi) is 3.20. The summed E-state index contributed by atoms with van der Waals surface area (Å²) in [6.07, 6.45) is 3.20. The number of carbonyl (C=O) groups excluding carboxylic acids is 1. The Morgan fingerprint density at radius 1 is 1.39 bits per heavy atom. The summed E-state index contributed by atoms with van der Waals surface area (Å²) in [7, 11) is 0. The minimum Gasteiger partial charge on any atom is -0.481 e. The minimum absolute atomic E-state index is 0.155. The van der Waals surface area contributed by atoms with E-state index in [9.17, 15) is 19.1 Å². The number of halogens is 1. The quantitative estimate of drug-likeness (QED) is 0.839. The van der Waals surface area contributed by atoms with Crippen molar-refractivity contribution in [3.8, 4) is 0 Å². The van der Waals surface area contributed by atoms with Crippen LogP contribution in [0.1, 0.15) is 47.2 Å². The van der Waals surface area contributed by atoms with Crippen LogP contribution in [-0.4, -0.2) is 17.4 Å². The second-order valence-electron chi connectivity index (χ2n) is 4.90. The van der Waals surface area contributed by atoms with Gasteiger partial charge in [-0.2, -0.15) is 0 Å². The molecule has 1 aromatic carbocycles. The topological polar surface area (TPSA) is 54.4 Å². The number of aldehydes is 1. The summed E-state index contributed by atoms with van der Waals surface area (Å²) in [5, 5.41) is 9.49. The van der Waals surface area contributed by atoms with Crippen molar-refractivity contribution in [2.75, 3.05) is 0 Å². The van der Waals surface area contributed by atoms with E-state index in [0.29, 0.717) is 30.3 Å². The number of carboxylic acids is 1. The van der Waals surface area contributed by atoms with Gasteiger partial charge in [0, 0.05) is 5.56 Å². The van der Waals surface area contributed by atoms with E-state index in [4.69, 9.17) is 0 Å². The highest BCUT2D eigenvalue weighted by atomic mass is 19.1. The van der Waals surface area contributed by atoms with E-state index in [0.717, 1.165) is 18.9 Å². The summed E-state index contributed by atoms with van der Waals surface area (Å²) in [5.74, 6) is -1.39. The second-order valence-corrected chi connectivity index (χ2v) is 4.90.